The summed E-state index contributed by atoms with van der Waals surface area (Å²) in [6, 6.07) is 4.65. The van der Waals surface area contributed by atoms with Crippen molar-refractivity contribution < 1.29 is 31.9 Å². The number of halogens is 4. The molecule has 0 radical (unpaired) electrons. The van der Waals surface area contributed by atoms with Gasteiger partial charge in [0.05, 0.1) is 16.9 Å². The van der Waals surface area contributed by atoms with Gasteiger partial charge in [0.1, 0.15) is 24.0 Å². The summed E-state index contributed by atoms with van der Waals surface area (Å²) >= 11 is 0. The van der Waals surface area contributed by atoms with Crippen LogP contribution in [0, 0.1) is 12.7 Å². The average Bonchev–Trinajstić information content (AvgIpc) is 3.16. The van der Waals surface area contributed by atoms with E-state index in [-0.39, 0.29) is 48.7 Å². The van der Waals surface area contributed by atoms with Crippen molar-refractivity contribution in [1.29, 1.82) is 0 Å². The SMILES string of the molecule is Cc1cc(C(F)(F)F)cc(N2C(=O)CCC2C(=O)N(C)c2cccc(F)c2N(C)CCC=O)n1. The van der Waals surface area contributed by atoms with Gasteiger partial charge in [-0.05, 0) is 37.6 Å². The van der Waals surface area contributed by atoms with E-state index in [9.17, 15) is 31.9 Å². The summed E-state index contributed by atoms with van der Waals surface area (Å²) in [5.74, 6) is -2.00. The molecule has 1 saturated heterocycles. The van der Waals surface area contributed by atoms with Crippen LogP contribution in [-0.4, -0.2) is 49.8 Å². The number of benzene rings is 1. The number of hydrogen-bond donors (Lipinski definition) is 0. The highest BCUT2D eigenvalue weighted by atomic mass is 19.4. The number of anilines is 3. The summed E-state index contributed by atoms with van der Waals surface area (Å²) in [6.07, 6.45) is -3.78. The van der Waals surface area contributed by atoms with Gasteiger partial charge in [-0.1, -0.05) is 6.07 Å². The summed E-state index contributed by atoms with van der Waals surface area (Å²) in [6.45, 7) is 1.58. The van der Waals surface area contributed by atoms with Gasteiger partial charge in [-0.15, -0.1) is 0 Å². The first kappa shape index (κ1) is 25.1. The van der Waals surface area contributed by atoms with E-state index in [2.05, 4.69) is 4.98 Å². The van der Waals surface area contributed by atoms with E-state index in [1.807, 2.05) is 0 Å². The van der Waals surface area contributed by atoms with Crippen molar-refractivity contribution in [2.24, 2.45) is 0 Å². The molecule has 0 N–H and O–H groups in total. The molecule has 1 aromatic heterocycles. The highest BCUT2D eigenvalue weighted by molar-refractivity contribution is 6.09. The first-order valence-corrected chi connectivity index (χ1v) is 10.5. The second-order valence-corrected chi connectivity index (χ2v) is 8.05. The second kappa shape index (κ2) is 9.78. The molecule has 0 aliphatic carbocycles. The Balaban J connectivity index is 1.98. The van der Waals surface area contributed by atoms with Crippen molar-refractivity contribution >= 4 is 35.3 Å². The fourth-order valence-corrected chi connectivity index (χ4v) is 4.00. The van der Waals surface area contributed by atoms with E-state index < -0.39 is 35.4 Å². The Morgan fingerprint density at radius 1 is 1.26 bits per heavy atom. The zero-order chi connectivity index (χ0) is 25.2. The minimum atomic E-state index is -4.65. The molecule has 182 valence electrons. The molecule has 1 atom stereocenters. The van der Waals surface area contributed by atoms with E-state index >= 15 is 0 Å². The Morgan fingerprint density at radius 3 is 2.62 bits per heavy atom. The summed E-state index contributed by atoms with van der Waals surface area (Å²) < 4.78 is 54.6. The highest BCUT2D eigenvalue weighted by Gasteiger charge is 2.41. The van der Waals surface area contributed by atoms with Crippen molar-refractivity contribution in [3.8, 4) is 0 Å². The minimum absolute atomic E-state index is 0.0452. The van der Waals surface area contributed by atoms with E-state index in [4.69, 9.17) is 0 Å². The molecule has 7 nitrogen and oxygen atoms in total. The maximum absolute atomic E-state index is 14.7. The van der Waals surface area contributed by atoms with Gasteiger partial charge in [-0.25, -0.2) is 9.37 Å². The molecule has 1 fully saturated rings. The predicted molar refractivity (Wildman–Crippen MR) is 118 cm³/mol. The van der Waals surface area contributed by atoms with Crippen LogP contribution in [0.3, 0.4) is 0 Å². The predicted octanol–water partition coefficient (Wildman–Crippen LogP) is 3.73. The first-order valence-electron chi connectivity index (χ1n) is 10.5. The van der Waals surface area contributed by atoms with Crippen molar-refractivity contribution in [3.63, 3.8) is 0 Å². The van der Waals surface area contributed by atoms with Crippen LogP contribution in [0.15, 0.2) is 30.3 Å². The standard InChI is InChI=1S/C23H24F4N4O3/c1-14-12-15(23(25,26)27)13-19(28-14)31-18(8-9-20(31)33)22(34)30(3)17-7-4-6-16(24)21(17)29(2)10-5-11-32/h4,6-7,11-13,18H,5,8-10H2,1-3H3. The Kier molecular flexibility index (Phi) is 7.23. The number of nitrogens with zero attached hydrogens (tertiary/aromatic N) is 4. The van der Waals surface area contributed by atoms with Crippen LogP contribution in [0.5, 0.6) is 0 Å². The number of alkyl halides is 3. The number of aryl methyl sites for hydroxylation is 1. The largest absolute Gasteiger partial charge is 0.416 e. The summed E-state index contributed by atoms with van der Waals surface area (Å²) in [4.78, 5) is 44.5. The van der Waals surface area contributed by atoms with Gasteiger partial charge in [-0.2, -0.15) is 13.2 Å². The molecule has 1 aliphatic heterocycles. The summed E-state index contributed by atoms with van der Waals surface area (Å²) in [5, 5.41) is 0. The molecule has 11 heteroatoms. The van der Waals surface area contributed by atoms with Crippen molar-refractivity contribution in [2.45, 2.75) is 38.4 Å². The number of aromatic nitrogens is 1. The lowest BCUT2D eigenvalue weighted by molar-refractivity contribution is -0.137. The first-order chi connectivity index (χ1) is 16.0. The third kappa shape index (κ3) is 5.02. The van der Waals surface area contributed by atoms with Gasteiger partial charge < -0.3 is 14.6 Å². The second-order valence-electron chi connectivity index (χ2n) is 8.05. The van der Waals surface area contributed by atoms with Crippen LogP contribution in [-0.2, 0) is 20.6 Å². The van der Waals surface area contributed by atoms with Crippen molar-refractivity contribution in [3.05, 3.63) is 47.4 Å². The van der Waals surface area contributed by atoms with Crippen LogP contribution in [0.4, 0.5) is 34.8 Å². The molecule has 34 heavy (non-hydrogen) atoms. The van der Waals surface area contributed by atoms with Crippen LogP contribution in [0.1, 0.15) is 30.5 Å². The number of pyridine rings is 1. The number of rotatable bonds is 7. The molecule has 2 amide bonds. The highest BCUT2D eigenvalue weighted by Crippen LogP contribution is 2.36. The van der Waals surface area contributed by atoms with Gasteiger partial charge in [0.2, 0.25) is 11.8 Å². The van der Waals surface area contributed by atoms with Gasteiger partial charge in [0, 0.05) is 39.2 Å². The molecular weight excluding hydrogens is 456 g/mol. The smallest absolute Gasteiger partial charge is 0.370 e. The van der Waals surface area contributed by atoms with Crippen LogP contribution >= 0.6 is 0 Å². The van der Waals surface area contributed by atoms with Gasteiger partial charge in [0.15, 0.2) is 0 Å². The van der Waals surface area contributed by atoms with Crippen LogP contribution < -0.4 is 14.7 Å². The fraction of sp³-hybridized carbons (Fsp3) is 0.391. The molecule has 1 unspecified atom stereocenters. The summed E-state index contributed by atoms with van der Waals surface area (Å²) in [7, 11) is 2.98. The van der Waals surface area contributed by atoms with Crippen molar-refractivity contribution in [1.82, 2.24) is 4.98 Å². The monoisotopic (exact) mass is 480 g/mol. The topological polar surface area (TPSA) is 73.8 Å². The number of hydrogen-bond acceptors (Lipinski definition) is 5. The van der Waals surface area contributed by atoms with Gasteiger partial charge in [0.25, 0.3) is 0 Å². The number of aldehydes is 1. The van der Waals surface area contributed by atoms with Crippen molar-refractivity contribution in [2.75, 3.05) is 35.3 Å². The third-order valence-corrected chi connectivity index (χ3v) is 5.63. The molecule has 2 aromatic rings. The van der Waals surface area contributed by atoms with Crippen LogP contribution in [0.25, 0.3) is 0 Å². The van der Waals surface area contributed by atoms with Gasteiger partial charge >= 0.3 is 6.18 Å². The van der Waals surface area contributed by atoms with Crippen LogP contribution in [0.2, 0.25) is 0 Å². The van der Waals surface area contributed by atoms with E-state index in [0.29, 0.717) is 6.29 Å². The third-order valence-electron chi connectivity index (χ3n) is 5.63. The molecule has 1 aromatic carbocycles. The number of amides is 2. The maximum Gasteiger partial charge on any atom is 0.416 e. The lowest BCUT2D eigenvalue weighted by Gasteiger charge is -2.31. The molecule has 0 saturated carbocycles. The lowest BCUT2D eigenvalue weighted by Crippen LogP contribution is -2.46. The number of para-hydroxylation sites is 1. The molecular formula is C23H24F4N4O3. The quantitative estimate of drug-likeness (QED) is 0.446. The normalized spacial score (nSPS) is 16.0. The van der Waals surface area contributed by atoms with E-state index in [1.165, 1.54) is 42.0 Å². The zero-order valence-corrected chi connectivity index (χ0v) is 18.9. The Morgan fingerprint density at radius 2 is 1.97 bits per heavy atom. The molecule has 0 spiro atoms. The maximum atomic E-state index is 14.7. The molecule has 0 bridgehead atoms. The zero-order valence-electron chi connectivity index (χ0n) is 18.9. The summed E-state index contributed by atoms with van der Waals surface area (Å²) in [5.41, 5.74) is -0.637. The fourth-order valence-electron chi connectivity index (χ4n) is 4.00. The molecule has 2 heterocycles. The Labute approximate surface area is 194 Å². The Bertz CT molecular complexity index is 1110. The lowest BCUT2D eigenvalue weighted by atomic mass is 10.1. The number of likely N-dealkylation sites (N-methyl/N-ethyl adjacent to an activating group) is 1. The Hall–Kier alpha value is -3.50. The van der Waals surface area contributed by atoms with E-state index in [0.717, 1.165) is 17.0 Å². The molecule has 1 aliphatic rings. The average molecular weight is 480 g/mol. The minimum Gasteiger partial charge on any atom is -0.370 e. The molecule has 3 rings (SSSR count). The van der Waals surface area contributed by atoms with Gasteiger partial charge in [-0.3, -0.25) is 14.5 Å². The van der Waals surface area contributed by atoms with E-state index in [1.54, 1.807) is 7.05 Å². The number of carbonyl (C=O) groups excluding carboxylic acids is 3. The number of carbonyl (C=O) groups is 3.